The Morgan fingerprint density at radius 1 is 1.38 bits per heavy atom. The first-order valence-corrected chi connectivity index (χ1v) is 7.38. The third kappa shape index (κ3) is 3.73. The van der Waals surface area contributed by atoms with Crippen molar-refractivity contribution in [2.45, 2.75) is 32.7 Å². The zero-order valence-corrected chi connectivity index (χ0v) is 14.0. The minimum atomic E-state index is -1.13. The van der Waals surface area contributed by atoms with Gasteiger partial charge in [0.1, 0.15) is 5.75 Å². The number of aliphatic carboxylic acids is 1. The number of hydrogen-bond donors (Lipinski definition) is 2. The average molecular weight is 332 g/mol. The Labute approximate surface area is 139 Å². The van der Waals surface area contributed by atoms with Crippen LogP contribution in [-0.2, 0) is 10.3 Å². The second-order valence-corrected chi connectivity index (χ2v) is 5.74. The molecule has 0 aliphatic carbocycles. The van der Waals surface area contributed by atoms with Gasteiger partial charge in [0.25, 0.3) is 5.91 Å². The van der Waals surface area contributed by atoms with Crippen LogP contribution in [0, 0.1) is 13.8 Å². The van der Waals surface area contributed by atoms with Gasteiger partial charge >= 0.3 is 5.97 Å². The van der Waals surface area contributed by atoms with Crippen LogP contribution in [0.25, 0.3) is 0 Å². The van der Waals surface area contributed by atoms with E-state index in [2.05, 4.69) is 10.3 Å². The van der Waals surface area contributed by atoms with Gasteiger partial charge in [0.05, 0.1) is 24.8 Å². The van der Waals surface area contributed by atoms with Crippen molar-refractivity contribution in [3.8, 4) is 5.75 Å². The summed E-state index contributed by atoms with van der Waals surface area (Å²) in [6.07, 6.45) is -0.294. The average Bonchev–Trinajstić information content (AvgIpc) is 2.85. The summed E-state index contributed by atoms with van der Waals surface area (Å²) in [5.41, 5.74) is -0.0651. The molecule has 1 unspecified atom stereocenters. The monoisotopic (exact) mass is 332 g/mol. The summed E-state index contributed by atoms with van der Waals surface area (Å²) >= 11 is 0. The number of nitrogens with zero attached hydrogens (tertiary/aromatic N) is 1. The number of aryl methyl sites for hydroxylation is 2. The smallest absolute Gasteiger partial charge is 0.306 e. The second kappa shape index (κ2) is 6.74. The largest absolute Gasteiger partial charge is 0.497 e. The molecule has 1 amide bonds. The molecule has 0 aliphatic heterocycles. The highest BCUT2D eigenvalue weighted by atomic mass is 16.5. The first-order valence-electron chi connectivity index (χ1n) is 7.38. The number of carboxylic acids is 1. The Morgan fingerprint density at radius 2 is 2.08 bits per heavy atom. The van der Waals surface area contributed by atoms with Crippen LogP contribution < -0.4 is 10.1 Å². The maximum Gasteiger partial charge on any atom is 0.306 e. The number of hydrogen-bond acceptors (Lipinski definition) is 5. The number of benzene rings is 1. The van der Waals surface area contributed by atoms with Crippen LogP contribution in [0.3, 0.4) is 0 Å². The Balaban J connectivity index is 2.38. The summed E-state index contributed by atoms with van der Waals surface area (Å²) in [5, 5.41) is 12.0. The van der Waals surface area contributed by atoms with E-state index in [4.69, 9.17) is 9.15 Å². The molecule has 1 aromatic heterocycles. The topological polar surface area (TPSA) is 102 Å². The summed E-state index contributed by atoms with van der Waals surface area (Å²) in [5.74, 6) is -0.526. The number of carbonyl (C=O) groups excluding carboxylic acids is 1. The summed E-state index contributed by atoms with van der Waals surface area (Å²) in [6.45, 7) is 4.94. The summed E-state index contributed by atoms with van der Waals surface area (Å²) in [6, 6.07) is 6.92. The van der Waals surface area contributed by atoms with Gasteiger partial charge in [-0.2, -0.15) is 0 Å². The van der Waals surface area contributed by atoms with E-state index in [9.17, 15) is 14.7 Å². The molecule has 1 heterocycles. The lowest BCUT2D eigenvalue weighted by atomic mass is 9.88. The number of oxazole rings is 1. The molecule has 0 spiro atoms. The predicted octanol–water partition coefficient (Wildman–Crippen LogP) is 2.42. The fourth-order valence-corrected chi connectivity index (χ4v) is 2.54. The first-order chi connectivity index (χ1) is 11.2. The lowest BCUT2D eigenvalue weighted by Crippen LogP contribution is -2.45. The van der Waals surface area contributed by atoms with Gasteiger partial charge in [0.2, 0.25) is 5.76 Å². The van der Waals surface area contributed by atoms with Gasteiger partial charge in [-0.1, -0.05) is 12.1 Å². The van der Waals surface area contributed by atoms with Crippen molar-refractivity contribution in [3.05, 3.63) is 47.2 Å². The van der Waals surface area contributed by atoms with E-state index in [0.29, 0.717) is 22.9 Å². The Hall–Kier alpha value is -2.83. The Kier molecular flexibility index (Phi) is 4.92. The number of nitrogens with one attached hydrogen (secondary N) is 1. The minimum Gasteiger partial charge on any atom is -0.497 e. The number of carboxylic acid groups (broad SMARTS) is 1. The number of methoxy groups -OCH3 is 1. The fourth-order valence-electron chi connectivity index (χ4n) is 2.54. The van der Waals surface area contributed by atoms with Gasteiger partial charge in [0.15, 0.2) is 5.89 Å². The van der Waals surface area contributed by atoms with E-state index in [1.807, 2.05) is 0 Å². The van der Waals surface area contributed by atoms with Crippen LogP contribution >= 0.6 is 0 Å². The number of aromatic nitrogens is 1. The molecule has 7 heteroatoms. The van der Waals surface area contributed by atoms with Gasteiger partial charge in [-0.05, 0) is 31.5 Å². The number of ether oxygens (including phenoxy) is 1. The quantitative estimate of drug-likeness (QED) is 0.842. The first kappa shape index (κ1) is 17.5. The van der Waals surface area contributed by atoms with E-state index in [1.165, 1.54) is 7.11 Å². The van der Waals surface area contributed by atoms with Gasteiger partial charge in [-0.15, -0.1) is 0 Å². The van der Waals surface area contributed by atoms with Crippen molar-refractivity contribution in [2.75, 3.05) is 7.11 Å². The van der Waals surface area contributed by atoms with Crippen LogP contribution in [0.2, 0.25) is 0 Å². The highest BCUT2D eigenvalue weighted by Crippen LogP contribution is 2.28. The molecule has 0 fully saturated rings. The molecular formula is C17H20N2O5. The molecule has 1 atom stereocenters. The van der Waals surface area contributed by atoms with Crippen molar-refractivity contribution in [3.63, 3.8) is 0 Å². The van der Waals surface area contributed by atoms with Gasteiger partial charge in [0, 0.05) is 6.92 Å². The molecule has 24 heavy (non-hydrogen) atoms. The molecule has 0 saturated heterocycles. The molecule has 0 saturated carbocycles. The lowest BCUT2D eigenvalue weighted by molar-refractivity contribution is -0.138. The van der Waals surface area contributed by atoms with Crippen molar-refractivity contribution in [1.29, 1.82) is 0 Å². The maximum atomic E-state index is 12.5. The van der Waals surface area contributed by atoms with Crippen LogP contribution in [0.4, 0.5) is 0 Å². The van der Waals surface area contributed by atoms with Crippen LogP contribution in [-0.4, -0.2) is 29.1 Å². The standard InChI is InChI=1S/C17H20N2O5/c1-10-15(24-11(2)18-10)16(22)19-17(3,9-14(20)21)12-6-5-7-13(8-12)23-4/h5-8H,9H2,1-4H3,(H,19,22)(H,20,21). The second-order valence-electron chi connectivity index (χ2n) is 5.74. The zero-order chi connectivity index (χ0) is 17.9. The summed E-state index contributed by atoms with van der Waals surface area (Å²) in [7, 11) is 1.52. The van der Waals surface area contributed by atoms with E-state index >= 15 is 0 Å². The Morgan fingerprint density at radius 3 is 2.62 bits per heavy atom. The van der Waals surface area contributed by atoms with E-state index in [1.54, 1.807) is 45.0 Å². The van der Waals surface area contributed by atoms with Gasteiger partial charge in [-0.25, -0.2) is 4.98 Å². The predicted molar refractivity (Wildman–Crippen MR) is 86.0 cm³/mol. The van der Waals surface area contributed by atoms with E-state index in [-0.39, 0.29) is 12.2 Å². The van der Waals surface area contributed by atoms with Crippen molar-refractivity contribution in [2.24, 2.45) is 0 Å². The third-order valence-corrected chi connectivity index (χ3v) is 3.71. The molecule has 0 bridgehead atoms. The highest BCUT2D eigenvalue weighted by molar-refractivity contribution is 5.93. The molecule has 7 nitrogen and oxygen atoms in total. The molecule has 1 aromatic carbocycles. The van der Waals surface area contributed by atoms with Crippen molar-refractivity contribution < 1.29 is 23.8 Å². The van der Waals surface area contributed by atoms with Crippen LogP contribution in [0.1, 0.15) is 41.0 Å². The van der Waals surface area contributed by atoms with Gasteiger partial charge in [-0.3, -0.25) is 9.59 Å². The number of amides is 1. The van der Waals surface area contributed by atoms with Crippen molar-refractivity contribution >= 4 is 11.9 Å². The van der Waals surface area contributed by atoms with Crippen LogP contribution in [0.15, 0.2) is 28.7 Å². The molecule has 2 aromatic rings. The minimum absolute atomic E-state index is 0.0759. The molecular weight excluding hydrogens is 312 g/mol. The van der Waals surface area contributed by atoms with Gasteiger partial charge < -0.3 is 19.6 Å². The fraction of sp³-hybridized carbons (Fsp3) is 0.353. The summed E-state index contributed by atoms with van der Waals surface area (Å²) in [4.78, 5) is 27.9. The zero-order valence-electron chi connectivity index (χ0n) is 14.0. The lowest BCUT2D eigenvalue weighted by Gasteiger charge is -2.30. The normalized spacial score (nSPS) is 13.2. The third-order valence-electron chi connectivity index (χ3n) is 3.71. The molecule has 0 radical (unpaired) electrons. The molecule has 2 rings (SSSR count). The summed E-state index contributed by atoms with van der Waals surface area (Å²) < 4.78 is 10.5. The van der Waals surface area contributed by atoms with Crippen molar-refractivity contribution in [1.82, 2.24) is 10.3 Å². The Bertz CT molecular complexity index is 768. The van der Waals surface area contributed by atoms with E-state index in [0.717, 1.165) is 0 Å². The molecule has 0 aliphatic rings. The number of rotatable bonds is 6. The van der Waals surface area contributed by atoms with Crippen LogP contribution in [0.5, 0.6) is 5.75 Å². The highest BCUT2D eigenvalue weighted by Gasteiger charge is 2.33. The number of carbonyl (C=O) groups is 2. The SMILES string of the molecule is COc1cccc(C(C)(CC(=O)O)NC(=O)c2oc(C)nc2C)c1. The maximum absolute atomic E-state index is 12.5. The molecule has 2 N–H and O–H groups in total. The van der Waals surface area contributed by atoms with E-state index < -0.39 is 17.4 Å². The molecule has 128 valence electrons.